The van der Waals surface area contributed by atoms with Crippen molar-refractivity contribution < 1.29 is 32.1 Å². The van der Waals surface area contributed by atoms with E-state index in [-0.39, 0.29) is 17.1 Å². The molecule has 0 aromatic rings. The van der Waals surface area contributed by atoms with E-state index in [0.29, 0.717) is 0 Å². The van der Waals surface area contributed by atoms with Crippen molar-refractivity contribution >= 4 is 7.32 Å². The summed E-state index contributed by atoms with van der Waals surface area (Å²) >= 11 is 0. The van der Waals surface area contributed by atoms with Crippen LogP contribution in [0.3, 0.4) is 0 Å². The first-order valence-corrected chi connectivity index (χ1v) is 0.730. The van der Waals surface area contributed by atoms with Gasteiger partial charge < -0.3 is 15.1 Å². The Labute approximate surface area is 40.3 Å². The average Bonchev–Trinajstić information content (AvgIpc) is 0.811. The number of rotatable bonds is 0. The minimum absolute atomic E-state index is 0. The Morgan fingerprint density at radius 2 is 1.40 bits per heavy atom. The summed E-state index contributed by atoms with van der Waals surface area (Å²) in [4.78, 5) is 0. The van der Waals surface area contributed by atoms with Crippen LogP contribution < -0.4 is 10.0 Å². The molecular formula is HBMnO3. The minimum atomic E-state index is -2.67. The van der Waals surface area contributed by atoms with Crippen LogP contribution in [0.1, 0.15) is 0 Å². The van der Waals surface area contributed by atoms with Gasteiger partial charge in [0, 0.05) is 0 Å². The van der Waals surface area contributed by atoms with Gasteiger partial charge in [-0.2, -0.15) is 0 Å². The van der Waals surface area contributed by atoms with Crippen LogP contribution >= 0.6 is 0 Å². The number of hydrogen-bond donors (Lipinski definition) is 1. The molecule has 1 radical (unpaired) electrons. The Bertz CT molecular complexity index is 11.6. The SMILES string of the molecule is [Mn+2].[O-]B([O-])O. The van der Waals surface area contributed by atoms with Crippen LogP contribution in [-0.4, -0.2) is 12.3 Å². The molecule has 0 aromatic heterocycles. The fraction of sp³-hybridized carbons (Fsp3) is 0. The second-order valence-electron chi connectivity index (χ2n) is 0.307. The van der Waals surface area contributed by atoms with Crippen molar-refractivity contribution in [2.75, 3.05) is 0 Å². The molecule has 0 atom stereocenters. The van der Waals surface area contributed by atoms with Crippen LogP contribution in [0.5, 0.6) is 0 Å². The molecule has 0 amide bonds. The summed E-state index contributed by atoms with van der Waals surface area (Å²) in [6.07, 6.45) is 0. The Kier molecular flexibility index (Phi) is 8.10. The smallest absolute Gasteiger partial charge is 0.871 e. The van der Waals surface area contributed by atoms with Gasteiger partial charge in [-0.05, 0) is 0 Å². The molecular weight excluding hydrogens is 114 g/mol. The van der Waals surface area contributed by atoms with Gasteiger partial charge in [-0.15, -0.1) is 0 Å². The summed E-state index contributed by atoms with van der Waals surface area (Å²) in [6, 6.07) is 0. The fourth-order valence-corrected chi connectivity index (χ4v) is 0. The van der Waals surface area contributed by atoms with Gasteiger partial charge in [0.1, 0.15) is 0 Å². The van der Waals surface area contributed by atoms with E-state index >= 15 is 0 Å². The van der Waals surface area contributed by atoms with E-state index in [1.54, 1.807) is 0 Å². The van der Waals surface area contributed by atoms with Crippen molar-refractivity contribution in [1.82, 2.24) is 0 Å². The zero-order valence-electron chi connectivity index (χ0n) is 2.22. The third-order valence-electron chi connectivity index (χ3n) is 0. The Morgan fingerprint density at radius 3 is 1.40 bits per heavy atom. The van der Waals surface area contributed by atoms with Crippen molar-refractivity contribution in [3.05, 3.63) is 0 Å². The van der Waals surface area contributed by atoms with Crippen molar-refractivity contribution in [2.24, 2.45) is 0 Å². The largest absolute Gasteiger partial charge is 2.00 e. The first-order valence-electron chi connectivity index (χ1n) is 0.730. The summed E-state index contributed by atoms with van der Waals surface area (Å²) in [5, 5.41) is 24.0. The van der Waals surface area contributed by atoms with E-state index in [9.17, 15) is 0 Å². The molecule has 0 saturated carbocycles. The molecule has 0 bridgehead atoms. The van der Waals surface area contributed by atoms with E-state index in [4.69, 9.17) is 15.1 Å². The molecule has 5 heteroatoms. The third-order valence-corrected chi connectivity index (χ3v) is 0. The van der Waals surface area contributed by atoms with Crippen LogP contribution in [0, 0.1) is 0 Å². The quantitative estimate of drug-likeness (QED) is 0.336. The van der Waals surface area contributed by atoms with Crippen LogP contribution in [0.4, 0.5) is 0 Å². The van der Waals surface area contributed by atoms with Gasteiger partial charge in [-0.3, -0.25) is 0 Å². The maximum Gasteiger partial charge on any atom is 2.00 e. The topological polar surface area (TPSA) is 66.3 Å². The van der Waals surface area contributed by atoms with Crippen molar-refractivity contribution in [3.63, 3.8) is 0 Å². The van der Waals surface area contributed by atoms with Gasteiger partial charge in [0.2, 0.25) is 0 Å². The molecule has 0 unspecified atom stereocenters. The molecule has 0 aromatic carbocycles. The Balaban J connectivity index is 0. The van der Waals surface area contributed by atoms with Crippen LogP contribution in [0.15, 0.2) is 0 Å². The summed E-state index contributed by atoms with van der Waals surface area (Å²) in [5.41, 5.74) is 0. The maximum absolute atomic E-state index is 8.53. The molecule has 5 heavy (non-hydrogen) atoms. The second kappa shape index (κ2) is 4.46. The Hall–Kier alpha value is 0.464. The predicted molar refractivity (Wildman–Crippen MR) is 7.97 cm³/mol. The van der Waals surface area contributed by atoms with Gasteiger partial charge >= 0.3 is 17.1 Å². The van der Waals surface area contributed by atoms with Gasteiger partial charge in [-0.25, -0.2) is 0 Å². The molecule has 0 heterocycles. The minimum Gasteiger partial charge on any atom is -0.871 e. The van der Waals surface area contributed by atoms with Crippen molar-refractivity contribution in [2.45, 2.75) is 0 Å². The number of hydrogen-bond acceptors (Lipinski definition) is 3. The summed E-state index contributed by atoms with van der Waals surface area (Å²) in [6.45, 7) is 0. The van der Waals surface area contributed by atoms with Gasteiger partial charge in [-0.1, -0.05) is 0 Å². The molecule has 0 saturated heterocycles. The molecule has 0 aliphatic carbocycles. The molecule has 0 rings (SSSR count). The molecule has 29 valence electrons. The van der Waals surface area contributed by atoms with Crippen LogP contribution in [0.2, 0.25) is 0 Å². The molecule has 0 aliphatic heterocycles. The Morgan fingerprint density at radius 1 is 1.40 bits per heavy atom. The normalized spacial score (nSPS) is 5.40. The fourth-order valence-electron chi connectivity index (χ4n) is 0. The molecule has 0 fully saturated rings. The summed E-state index contributed by atoms with van der Waals surface area (Å²) in [7, 11) is -2.67. The van der Waals surface area contributed by atoms with Crippen LogP contribution in [0.25, 0.3) is 0 Å². The van der Waals surface area contributed by atoms with Crippen molar-refractivity contribution in [1.29, 1.82) is 0 Å². The van der Waals surface area contributed by atoms with E-state index in [1.165, 1.54) is 0 Å². The average molecular weight is 115 g/mol. The van der Waals surface area contributed by atoms with Crippen LogP contribution in [-0.2, 0) is 17.1 Å². The van der Waals surface area contributed by atoms with Crippen molar-refractivity contribution in [3.8, 4) is 0 Å². The third kappa shape index (κ3) is 126. The first-order chi connectivity index (χ1) is 1.73. The van der Waals surface area contributed by atoms with Gasteiger partial charge in [0.25, 0.3) is 0 Å². The van der Waals surface area contributed by atoms with E-state index in [0.717, 1.165) is 0 Å². The standard InChI is InChI=1S/BHO3.Mn/c2-1(3)4;/h2H;/q-2;+2. The molecule has 3 nitrogen and oxygen atoms in total. The van der Waals surface area contributed by atoms with E-state index in [1.807, 2.05) is 0 Å². The second-order valence-corrected chi connectivity index (χ2v) is 0.307. The van der Waals surface area contributed by atoms with Gasteiger partial charge in [0.15, 0.2) is 0 Å². The summed E-state index contributed by atoms with van der Waals surface area (Å²) in [5.74, 6) is 0. The zero-order valence-corrected chi connectivity index (χ0v) is 3.40. The van der Waals surface area contributed by atoms with E-state index < -0.39 is 7.32 Å². The first kappa shape index (κ1) is 9.07. The predicted octanol–water partition coefficient (Wildman–Crippen LogP) is -3.32. The maximum atomic E-state index is 8.53. The molecule has 0 aliphatic rings. The monoisotopic (exact) mass is 115 g/mol. The molecule has 0 spiro atoms. The zero-order chi connectivity index (χ0) is 3.58. The summed E-state index contributed by atoms with van der Waals surface area (Å²) < 4.78 is 0. The van der Waals surface area contributed by atoms with E-state index in [2.05, 4.69) is 0 Å². The van der Waals surface area contributed by atoms with Gasteiger partial charge in [0.05, 0.1) is 7.32 Å². The molecule has 1 N–H and O–H groups in total.